The van der Waals surface area contributed by atoms with Gasteiger partial charge in [0.1, 0.15) is 5.82 Å². The van der Waals surface area contributed by atoms with Gasteiger partial charge in [0.05, 0.1) is 11.2 Å². The van der Waals surface area contributed by atoms with Crippen LogP contribution in [0.1, 0.15) is 30.1 Å². The number of aryl methyl sites for hydroxylation is 1. The van der Waals surface area contributed by atoms with E-state index in [1.54, 1.807) is 0 Å². The summed E-state index contributed by atoms with van der Waals surface area (Å²) in [5.41, 5.74) is 4.60. The van der Waals surface area contributed by atoms with Gasteiger partial charge >= 0.3 is 0 Å². The van der Waals surface area contributed by atoms with Crippen LogP contribution in [0, 0.1) is 6.92 Å². The molecule has 1 aliphatic rings. The third-order valence-corrected chi connectivity index (χ3v) is 5.10. The van der Waals surface area contributed by atoms with Crippen molar-refractivity contribution in [1.82, 2.24) is 14.9 Å². The average Bonchev–Trinajstić information content (AvgIpc) is 2.62. The number of hydrogen-bond acceptors (Lipinski definition) is 3. The van der Waals surface area contributed by atoms with Crippen molar-refractivity contribution >= 4 is 10.9 Å². The number of benzene rings is 2. The third kappa shape index (κ3) is 2.80. The van der Waals surface area contributed by atoms with Crippen LogP contribution < -0.4 is 0 Å². The van der Waals surface area contributed by atoms with Gasteiger partial charge in [0.25, 0.3) is 0 Å². The molecule has 0 saturated carbocycles. The van der Waals surface area contributed by atoms with E-state index in [-0.39, 0.29) is 0 Å². The van der Waals surface area contributed by atoms with Gasteiger partial charge in [0.2, 0.25) is 0 Å². The van der Waals surface area contributed by atoms with Crippen LogP contribution in [0.15, 0.2) is 48.5 Å². The molecule has 0 radical (unpaired) electrons. The minimum Gasteiger partial charge on any atom is -0.306 e. The van der Waals surface area contributed by atoms with Crippen molar-refractivity contribution in [2.24, 2.45) is 0 Å². The van der Waals surface area contributed by atoms with Crippen molar-refractivity contribution in [3.63, 3.8) is 0 Å². The van der Waals surface area contributed by atoms with Gasteiger partial charge in [-0.15, -0.1) is 0 Å². The Balaban J connectivity index is 1.87. The summed E-state index contributed by atoms with van der Waals surface area (Å²) in [5, 5.41) is 1.14. The fraction of sp³-hybridized carbons (Fsp3) is 0.333. The van der Waals surface area contributed by atoms with Gasteiger partial charge in [-0.2, -0.15) is 0 Å². The number of rotatable bonds is 2. The van der Waals surface area contributed by atoms with Gasteiger partial charge in [-0.05, 0) is 51.5 Å². The van der Waals surface area contributed by atoms with Crippen molar-refractivity contribution in [3.8, 4) is 11.3 Å². The molecule has 1 fully saturated rings. The number of piperidine rings is 1. The van der Waals surface area contributed by atoms with E-state index in [1.165, 1.54) is 11.1 Å². The maximum absolute atomic E-state index is 5.05. The lowest BCUT2D eigenvalue weighted by Crippen LogP contribution is -2.30. The molecule has 0 N–H and O–H groups in total. The Morgan fingerprint density at radius 1 is 0.917 bits per heavy atom. The maximum Gasteiger partial charge on any atom is 0.132 e. The highest BCUT2D eigenvalue weighted by molar-refractivity contribution is 5.93. The van der Waals surface area contributed by atoms with Gasteiger partial charge < -0.3 is 4.90 Å². The predicted octanol–water partition coefficient (Wildman–Crippen LogP) is 4.41. The molecule has 1 aliphatic heterocycles. The van der Waals surface area contributed by atoms with Crippen LogP contribution in [0.3, 0.4) is 0 Å². The van der Waals surface area contributed by atoms with Crippen molar-refractivity contribution in [1.29, 1.82) is 0 Å². The van der Waals surface area contributed by atoms with Crippen LogP contribution in [0.4, 0.5) is 0 Å². The van der Waals surface area contributed by atoms with Crippen LogP contribution in [0.2, 0.25) is 0 Å². The summed E-state index contributed by atoms with van der Waals surface area (Å²) in [5.74, 6) is 1.48. The lowest BCUT2D eigenvalue weighted by Gasteiger charge is -2.28. The lowest BCUT2D eigenvalue weighted by atomic mass is 9.95. The van der Waals surface area contributed by atoms with Crippen LogP contribution >= 0.6 is 0 Å². The molecule has 0 bridgehead atoms. The molecule has 0 atom stereocenters. The zero-order chi connectivity index (χ0) is 16.5. The van der Waals surface area contributed by atoms with Crippen molar-refractivity contribution in [2.75, 3.05) is 20.1 Å². The topological polar surface area (TPSA) is 29.0 Å². The molecular formula is C21H23N3. The fourth-order valence-electron chi connectivity index (χ4n) is 3.59. The van der Waals surface area contributed by atoms with Gasteiger partial charge in [0.15, 0.2) is 0 Å². The molecule has 2 aromatic carbocycles. The summed E-state index contributed by atoms with van der Waals surface area (Å²) in [6, 6.07) is 16.9. The Kier molecular flexibility index (Phi) is 4.03. The SMILES string of the molecule is Cc1ccccc1-c1nc(C2CCN(C)CC2)nc2ccccc12. The molecule has 1 aromatic heterocycles. The van der Waals surface area contributed by atoms with Gasteiger partial charge in [-0.25, -0.2) is 9.97 Å². The summed E-state index contributed by atoms with van der Waals surface area (Å²) < 4.78 is 0. The van der Waals surface area contributed by atoms with Crippen LogP contribution in [-0.2, 0) is 0 Å². The van der Waals surface area contributed by atoms with E-state index in [4.69, 9.17) is 9.97 Å². The number of para-hydroxylation sites is 1. The molecule has 0 spiro atoms. The molecule has 1 saturated heterocycles. The average molecular weight is 317 g/mol. The molecular weight excluding hydrogens is 294 g/mol. The quantitative estimate of drug-likeness (QED) is 0.701. The summed E-state index contributed by atoms with van der Waals surface area (Å²) in [6.07, 6.45) is 2.28. The Bertz CT molecular complexity index is 864. The minimum absolute atomic E-state index is 0.466. The second-order valence-corrected chi connectivity index (χ2v) is 6.84. The van der Waals surface area contributed by atoms with E-state index in [0.717, 1.165) is 48.4 Å². The van der Waals surface area contributed by atoms with E-state index in [0.29, 0.717) is 5.92 Å². The molecule has 3 nitrogen and oxygen atoms in total. The molecule has 24 heavy (non-hydrogen) atoms. The molecule has 0 unspecified atom stereocenters. The molecule has 3 heteroatoms. The summed E-state index contributed by atoms with van der Waals surface area (Å²) >= 11 is 0. The highest BCUT2D eigenvalue weighted by Gasteiger charge is 2.22. The minimum atomic E-state index is 0.466. The van der Waals surface area contributed by atoms with Gasteiger partial charge in [-0.1, -0.05) is 42.5 Å². The van der Waals surface area contributed by atoms with E-state index in [2.05, 4.69) is 67.4 Å². The second-order valence-electron chi connectivity index (χ2n) is 6.84. The Labute approximate surface area is 143 Å². The fourth-order valence-corrected chi connectivity index (χ4v) is 3.59. The number of likely N-dealkylation sites (tertiary alicyclic amines) is 1. The summed E-state index contributed by atoms with van der Waals surface area (Å²) in [7, 11) is 2.19. The first-order chi connectivity index (χ1) is 11.7. The number of fused-ring (bicyclic) bond motifs is 1. The second kappa shape index (κ2) is 6.33. The Morgan fingerprint density at radius 2 is 1.62 bits per heavy atom. The van der Waals surface area contributed by atoms with Crippen LogP contribution in [0.5, 0.6) is 0 Å². The predicted molar refractivity (Wildman–Crippen MR) is 99.2 cm³/mol. The maximum atomic E-state index is 5.05. The molecule has 0 amide bonds. The Morgan fingerprint density at radius 3 is 2.42 bits per heavy atom. The third-order valence-electron chi connectivity index (χ3n) is 5.10. The molecule has 3 aromatic rings. The number of nitrogens with zero attached hydrogens (tertiary/aromatic N) is 3. The highest BCUT2D eigenvalue weighted by atomic mass is 15.1. The first kappa shape index (κ1) is 15.3. The van der Waals surface area contributed by atoms with Crippen molar-refractivity contribution in [2.45, 2.75) is 25.7 Å². The molecule has 122 valence electrons. The number of aromatic nitrogens is 2. The standard InChI is InChI=1S/C21H23N3/c1-15-7-3-4-8-17(15)20-18-9-5-6-10-19(18)22-21(23-20)16-11-13-24(2)14-12-16/h3-10,16H,11-14H2,1-2H3. The van der Waals surface area contributed by atoms with Crippen LogP contribution in [0.25, 0.3) is 22.2 Å². The van der Waals surface area contributed by atoms with Crippen molar-refractivity contribution in [3.05, 3.63) is 59.9 Å². The highest BCUT2D eigenvalue weighted by Crippen LogP contribution is 2.32. The molecule has 2 heterocycles. The van der Waals surface area contributed by atoms with Crippen molar-refractivity contribution < 1.29 is 0 Å². The monoisotopic (exact) mass is 317 g/mol. The number of hydrogen-bond donors (Lipinski definition) is 0. The molecule has 0 aliphatic carbocycles. The largest absolute Gasteiger partial charge is 0.306 e. The first-order valence-electron chi connectivity index (χ1n) is 8.73. The Hall–Kier alpha value is -2.26. The van der Waals surface area contributed by atoms with E-state index < -0.39 is 0 Å². The van der Waals surface area contributed by atoms with E-state index in [9.17, 15) is 0 Å². The van der Waals surface area contributed by atoms with Crippen LogP contribution in [-0.4, -0.2) is 35.0 Å². The van der Waals surface area contributed by atoms with E-state index >= 15 is 0 Å². The first-order valence-corrected chi connectivity index (χ1v) is 8.73. The van der Waals surface area contributed by atoms with E-state index in [1.807, 2.05) is 0 Å². The zero-order valence-electron chi connectivity index (χ0n) is 14.4. The smallest absolute Gasteiger partial charge is 0.132 e. The lowest BCUT2D eigenvalue weighted by molar-refractivity contribution is 0.251. The normalized spacial score (nSPS) is 16.6. The van der Waals surface area contributed by atoms with Gasteiger partial charge in [-0.3, -0.25) is 0 Å². The summed E-state index contributed by atoms with van der Waals surface area (Å²) in [4.78, 5) is 12.3. The molecule has 4 rings (SSSR count). The van der Waals surface area contributed by atoms with Gasteiger partial charge in [0, 0.05) is 16.9 Å². The zero-order valence-corrected chi connectivity index (χ0v) is 14.4. The summed E-state index contributed by atoms with van der Waals surface area (Å²) in [6.45, 7) is 4.41.